The molecule has 1 aromatic carbocycles. The highest BCUT2D eigenvalue weighted by Crippen LogP contribution is 2.24. The van der Waals surface area contributed by atoms with E-state index in [-0.39, 0.29) is 17.9 Å². The number of ether oxygens (including phenoxy) is 2. The maximum atomic E-state index is 11.7. The highest BCUT2D eigenvalue weighted by molar-refractivity contribution is 5.92. The summed E-state index contributed by atoms with van der Waals surface area (Å²) in [6.45, 7) is 7.29. The first-order valence-corrected chi connectivity index (χ1v) is 12.7. The zero-order valence-electron chi connectivity index (χ0n) is 20.3. The van der Waals surface area contributed by atoms with Crippen molar-refractivity contribution in [1.82, 2.24) is 0 Å². The topological polar surface area (TPSA) is 55.8 Å². The van der Waals surface area contributed by atoms with E-state index in [4.69, 9.17) is 9.47 Å². The van der Waals surface area contributed by atoms with Gasteiger partial charge in [-0.05, 0) is 31.4 Å². The number of phenolic OH excluding ortho intramolecular Hbond substituents is 1. The summed E-state index contributed by atoms with van der Waals surface area (Å²) in [6.07, 6.45) is 18.7. The van der Waals surface area contributed by atoms with Crippen LogP contribution >= 0.6 is 0 Å². The summed E-state index contributed by atoms with van der Waals surface area (Å²) in [7, 11) is 0. The van der Waals surface area contributed by atoms with Crippen LogP contribution in [0.25, 0.3) is 0 Å². The van der Waals surface area contributed by atoms with E-state index >= 15 is 0 Å². The normalized spacial score (nSPS) is 11.1. The van der Waals surface area contributed by atoms with Crippen LogP contribution in [0.4, 0.5) is 0 Å². The number of carbonyl (C=O) groups excluding carboxylic acids is 1. The Labute approximate surface area is 190 Å². The molecule has 1 aromatic rings. The summed E-state index contributed by atoms with van der Waals surface area (Å²) in [5.41, 5.74) is 0.177. The molecule has 4 heteroatoms. The Hall–Kier alpha value is -1.71. The van der Waals surface area contributed by atoms with Crippen LogP contribution in [0, 0.1) is 5.92 Å². The van der Waals surface area contributed by atoms with Gasteiger partial charge in [0.1, 0.15) is 17.1 Å². The molecular formula is C27H46O4. The fourth-order valence-corrected chi connectivity index (χ4v) is 3.77. The molecule has 0 atom stereocenters. The van der Waals surface area contributed by atoms with Gasteiger partial charge in [-0.2, -0.15) is 0 Å². The molecular weight excluding hydrogens is 388 g/mol. The van der Waals surface area contributed by atoms with Crippen LogP contribution in [-0.4, -0.2) is 24.3 Å². The maximum Gasteiger partial charge on any atom is 0.341 e. The lowest BCUT2D eigenvalue weighted by Crippen LogP contribution is -2.05. The summed E-state index contributed by atoms with van der Waals surface area (Å²) in [5, 5.41) is 9.95. The van der Waals surface area contributed by atoms with Crippen molar-refractivity contribution >= 4 is 5.97 Å². The Morgan fingerprint density at radius 3 is 1.84 bits per heavy atom. The molecule has 178 valence electrons. The predicted molar refractivity (Wildman–Crippen MR) is 129 cm³/mol. The third-order valence-electron chi connectivity index (χ3n) is 5.66. The molecule has 0 saturated heterocycles. The second-order valence-corrected chi connectivity index (χ2v) is 9.03. The van der Waals surface area contributed by atoms with Gasteiger partial charge in [0.15, 0.2) is 0 Å². The van der Waals surface area contributed by atoms with Crippen molar-refractivity contribution in [2.75, 3.05) is 13.2 Å². The minimum atomic E-state index is -0.511. The molecule has 31 heavy (non-hydrogen) atoms. The van der Waals surface area contributed by atoms with Crippen LogP contribution in [0.2, 0.25) is 0 Å². The minimum absolute atomic E-state index is 0.0953. The number of aromatic hydroxyl groups is 1. The zero-order chi connectivity index (χ0) is 22.7. The molecule has 4 nitrogen and oxygen atoms in total. The fraction of sp³-hybridized carbons (Fsp3) is 0.741. The molecule has 0 spiro atoms. The van der Waals surface area contributed by atoms with Gasteiger partial charge in [-0.1, -0.05) is 97.3 Å². The Bertz CT molecular complexity index is 583. The van der Waals surface area contributed by atoms with E-state index in [1.54, 1.807) is 19.1 Å². The zero-order valence-corrected chi connectivity index (χ0v) is 20.3. The lowest BCUT2D eigenvalue weighted by molar-refractivity contribution is 0.0523. The van der Waals surface area contributed by atoms with Gasteiger partial charge in [-0.25, -0.2) is 4.79 Å². The monoisotopic (exact) mass is 434 g/mol. The van der Waals surface area contributed by atoms with Crippen LogP contribution in [0.5, 0.6) is 11.5 Å². The minimum Gasteiger partial charge on any atom is -0.507 e. The van der Waals surface area contributed by atoms with Crippen LogP contribution in [0.3, 0.4) is 0 Å². The predicted octanol–water partition coefficient (Wildman–Crippen LogP) is 8.07. The molecule has 0 saturated carbocycles. The van der Waals surface area contributed by atoms with E-state index in [9.17, 15) is 9.90 Å². The Balaban J connectivity index is 1.91. The molecule has 0 aliphatic rings. The van der Waals surface area contributed by atoms with Crippen LogP contribution in [0.15, 0.2) is 18.2 Å². The molecule has 0 radical (unpaired) electrons. The number of esters is 1. The van der Waals surface area contributed by atoms with E-state index in [1.807, 2.05) is 0 Å². The largest absolute Gasteiger partial charge is 0.507 e. The number of carbonyl (C=O) groups is 1. The molecule has 0 heterocycles. The summed E-state index contributed by atoms with van der Waals surface area (Å²) >= 11 is 0. The van der Waals surface area contributed by atoms with E-state index in [2.05, 4.69) is 13.8 Å². The van der Waals surface area contributed by atoms with Gasteiger partial charge < -0.3 is 14.6 Å². The molecule has 0 unspecified atom stereocenters. The first-order chi connectivity index (χ1) is 15.0. The van der Waals surface area contributed by atoms with Crippen LogP contribution < -0.4 is 4.74 Å². The quantitative estimate of drug-likeness (QED) is 0.177. The van der Waals surface area contributed by atoms with E-state index in [0.717, 1.165) is 12.3 Å². The average Bonchev–Trinajstić information content (AvgIpc) is 2.73. The Kier molecular flexibility index (Phi) is 15.8. The molecule has 0 amide bonds. The van der Waals surface area contributed by atoms with Gasteiger partial charge in [0.2, 0.25) is 0 Å². The van der Waals surface area contributed by atoms with Gasteiger partial charge >= 0.3 is 5.97 Å². The Morgan fingerprint density at radius 1 is 0.839 bits per heavy atom. The number of rotatable bonds is 19. The van der Waals surface area contributed by atoms with Crippen molar-refractivity contribution in [2.24, 2.45) is 5.92 Å². The van der Waals surface area contributed by atoms with E-state index in [1.165, 1.54) is 89.5 Å². The third-order valence-corrected chi connectivity index (χ3v) is 5.66. The molecule has 0 aliphatic carbocycles. The Morgan fingerprint density at radius 2 is 1.35 bits per heavy atom. The molecule has 0 aromatic heterocycles. The summed E-state index contributed by atoms with van der Waals surface area (Å²) in [6, 6.07) is 4.74. The first kappa shape index (κ1) is 27.3. The molecule has 0 bridgehead atoms. The number of hydrogen-bond donors (Lipinski definition) is 1. The summed E-state index contributed by atoms with van der Waals surface area (Å²) in [4.78, 5) is 11.7. The van der Waals surface area contributed by atoms with E-state index in [0.29, 0.717) is 12.4 Å². The number of phenols is 1. The summed E-state index contributed by atoms with van der Waals surface area (Å²) < 4.78 is 10.6. The second-order valence-electron chi connectivity index (χ2n) is 9.03. The van der Waals surface area contributed by atoms with Gasteiger partial charge in [-0.3, -0.25) is 0 Å². The maximum absolute atomic E-state index is 11.7. The number of unbranched alkanes of at least 4 members (excludes halogenated alkanes) is 12. The standard InChI is InChI=1S/C27H46O4/c1-4-30-27(29)25-20-19-24(22-26(25)28)31-21-17-15-13-11-9-7-5-6-8-10-12-14-16-18-23(2)3/h19-20,22-23,28H,4-18,21H2,1-3H3. The smallest absolute Gasteiger partial charge is 0.341 e. The van der Waals surface area contributed by atoms with E-state index < -0.39 is 5.97 Å². The van der Waals surface area contributed by atoms with Crippen molar-refractivity contribution in [3.8, 4) is 11.5 Å². The summed E-state index contributed by atoms with van der Waals surface area (Å²) in [5.74, 6) is 0.842. The SMILES string of the molecule is CCOC(=O)c1ccc(OCCCCCCCCCCCCCCCC(C)C)cc1O. The van der Waals surface area contributed by atoms with Crippen molar-refractivity contribution in [1.29, 1.82) is 0 Å². The molecule has 1 N–H and O–H groups in total. The van der Waals surface area contributed by atoms with Gasteiger partial charge in [-0.15, -0.1) is 0 Å². The molecule has 1 rings (SSSR count). The van der Waals surface area contributed by atoms with Gasteiger partial charge in [0.05, 0.1) is 13.2 Å². The average molecular weight is 435 g/mol. The fourth-order valence-electron chi connectivity index (χ4n) is 3.77. The van der Waals surface area contributed by atoms with Crippen molar-refractivity contribution in [2.45, 2.75) is 111 Å². The highest BCUT2D eigenvalue weighted by Gasteiger charge is 2.12. The van der Waals surface area contributed by atoms with Gasteiger partial charge in [0.25, 0.3) is 0 Å². The number of hydrogen-bond acceptors (Lipinski definition) is 4. The van der Waals surface area contributed by atoms with Crippen molar-refractivity contribution < 1.29 is 19.4 Å². The number of benzene rings is 1. The lowest BCUT2D eigenvalue weighted by atomic mass is 10.0. The second kappa shape index (κ2) is 17.9. The van der Waals surface area contributed by atoms with Crippen molar-refractivity contribution in [3.63, 3.8) is 0 Å². The molecule has 0 fully saturated rings. The first-order valence-electron chi connectivity index (χ1n) is 12.7. The highest BCUT2D eigenvalue weighted by atomic mass is 16.5. The lowest BCUT2D eigenvalue weighted by Gasteiger charge is -2.09. The van der Waals surface area contributed by atoms with Gasteiger partial charge in [0, 0.05) is 6.07 Å². The van der Waals surface area contributed by atoms with Crippen LogP contribution in [-0.2, 0) is 4.74 Å². The molecule has 0 aliphatic heterocycles. The van der Waals surface area contributed by atoms with Crippen LogP contribution in [0.1, 0.15) is 121 Å². The van der Waals surface area contributed by atoms with Crippen molar-refractivity contribution in [3.05, 3.63) is 23.8 Å². The third kappa shape index (κ3) is 14.1.